The van der Waals surface area contributed by atoms with Gasteiger partial charge in [0.1, 0.15) is 6.04 Å². The van der Waals surface area contributed by atoms with Gasteiger partial charge in [0.2, 0.25) is 0 Å². The zero-order valence-electron chi connectivity index (χ0n) is 12.7. The molecule has 2 unspecified atom stereocenters. The maximum atomic E-state index is 12.2. The molecule has 1 fully saturated rings. The molecule has 0 radical (unpaired) electrons. The van der Waals surface area contributed by atoms with Crippen molar-refractivity contribution in [1.29, 1.82) is 0 Å². The molecule has 1 aliphatic rings. The zero-order chi connectivity index (χ0) is 16.2. The summed E-state index contributed by atoms with van der Waals surface area (Å²) in [6.45, 7) is 5.69. The van der Waals surface area contributed by atoms with Gasteiger partial charge in [-0.05, 0) is 5.41 Å². The molecule has 120 valence electrons. The molecule has 21 heavy (non-hydrogen) atoms. The summed E-state index contributed by atoms with van der Waals surface area (Å²) in [6.07, 6.45) is -0.840. The Morgan fingerprint density at radius 1 is 1.38 bits per heavy atom. The summed E-state index contributed by atoms with van der Waals surface area (Å²) in [5, 5.41) is 11.7. The van der Waals surface area contributed by atoms with E-state index in [4.69, 9.17) is 4.74 Å². The van der Waals surface area contributed by atoms with Crippen molar-refractivity contribution in [3.63, 3.8) is 0 Å². The number of nitrogens with one attached hydrogen (secondary N) is 1. The number of rotatable bonds is 3. The van der Waals surface area contributed by atoms with Crippen molar-refractivity contribution >= 4 is 18.0 Å². The van der Waals surface area contributed by atoms with Gasteiger partial charge in [0.25, 0.3) is 0 Å². The van der Waals surface area contributed by atoms with Gasteiger partial charge in [0.15, 0.2) is 6.10 Å². The SMILES string of the molecule is COC(=O)C1CN(C(=O)NC(C(=O)O)C(C)(C)C)CCO1. The van der Waals surface area contributed by atoms with Gasteiger partial charge < -0.3 is 24.8 Å². The van der Waals surface area contributed by atoms with Crippen LogP contribution in [-0.2, 0) is 19.1 Å². The molecule has 1 rings (SSSR count). The Morgan fingerprint density at radius 2 is 2.00 bits per heavy atom. The minimum absolute atomic E-state index is 0.0367. The second-order valence-corrected chi connectivity index (χ2v) is 5.92. The van der Waals surface area contributed by atoms with Crippen molar-refractivity contribution in [2.45, 2.75) is 32.9 Å². The van der Waals surface area contributed by atoms with E-state index in [9.17, 15) is 19.5 Å². The molecule has 0 aromatic rings. The maximum Gasteiger partial charge on any atom is 0.336 e. The summed E-state index contributed by atoms with van der Waals surface area (Å²) in [4.78, 5) is 36.2. The number of morpholine rings is 1. The Morgan fingerprint density at radius 3 is 2.48 bits per heavy atom. The molecule has 2 amide bonds. The minimum atomic E-state index is -1.10. The van der Waals surface area contributed by atoms with Crippen LogP contribution in [0.25, 0.3) is 0 Å². The summed E-state index contributed by atoms with van der Waals surface area (Å²) >= 11 is 0. The van der Waals surface area contributed by atoms with Crippen molar-refractivity contribution in [3.8, 4) is 0 Å². The number of hydrogen-bond acceptors (Lipinski definition) is 5. The average molecular weight is 302 g/mol. The fourth-order valence-corrected chi connectivity index (χ4v) is 1.97. The zero-order valence-corrected chi connectivity index (χ0v) is 12.7. The third kappa shape index (κ3) is 4.59. The lowest BCUT2D eigenvalue weighted by molar-refractivity contribution is -0.158. The monoisotopic (exact) mass is 302 g/mol. The van der Waals surface area contributed by atoms with E-state index >= 15 is 0 Å². The highest BCUT2D eigenvalue weighted by atomic mass is 16.6. The van der Waals surface area contributed by atoms with E-state index in [1.54, 1.807) is 20.8 Å². The Hall–Kier alpha value is -1.83. The fourth-order valence-electron chi connectivity index (χ4n) is 1.97. The molecule has 1 aliphatic heterocycles. The number of methoxy groups -OCH3 is 1. The van der Waals surface area contributed by atoms with Crippen LogP contribution in [0.5, 0.6) is 0 Å². The van der Waals surface area contributed by atoms with Gasteiger partial charge >= 0.3 is 18.0 Å². The number of nitrogens with zero attached hydrogens (tertiary/aromatic N) is 1. The highest BCUT2D eigenvalue weighted by Gasteiger charge is 2.36. The van der Waals surface area contributed by atoms with Crippen molar-refractivity contribution in [1.82, 2.24) is 10.2 Å². The quantitative estimate of drug-likeness (QED) is 0.715. The van der Waals surface area contributed by atoms with Crippen LogP contribution in [0, 0.1) is 5.41 Å². The summed E-state index contributed by atoms with van der Waals surface area (Å²) < 4.78 is 9.79. The predicted octanol–water partition coefficient (Wildman–Crippen LogP) is 0.0691. The Labute approximate surface area is 123 Å². The topological polar surface area (TPSA) is 105 Å². The number of hydrogen-bond donors (Lipinski definition) is 2. The van der Waals surface area contributed by atoms with Gasteiger partial charge in [0.05, 0.1) is 20.3 Å². The highest BCUT2D eigenvalue weighted by Crippen LogP contribution is 2.20. The van der Waals surface area contributed by atoms with E-state index < -0.39 is 35.5 Å². The molecule has 1 saturated heterocycles. The van der Waals surface area contributed by atoms with Crippen LogP contribution in [0.2, 0.25) is 0 Å². The third-order valence-corrected chi connectivity index (χ3v) is 3.20. The number of carboxylic acid groups (broad SMARTS) is 1. The molecule has 2 N–H and O–H groups in total. The molecule has 8 heteroatoms. The second-order valence-electron chi connectivity index (χ2n) is 5.92. The molecule has 0 saturated carbocycles. The van der Waals surface area contributed by atoms with Crippen LogP contribution in [0.1, 0.15) is 20.8 Å². The number of urea groups is 1. The van der Waals surface area contributed by atoms with Crippen LogP contribution in [0.15, 0.2) is 0 Å². The molecular formula is C13H22N2O6. The lowest BCUT2D eigenvalue weighted by Gasteiger charge is -2.34. The van der Waals surface area contributed by atoms with E-state index in [-0.39, 0.29) is 19.7 Å². The molecule has 0 aromatic carbocycles. The normalized spacial score (nSPS) is 20.6. The fraction of sp³-hybridized carbons (Fsp3) is 0.769. The van der Waals surface area contributed by atoms with Gasteiger partial charge in [-0.25, -0.2) is 14.4 Å². The van der Waals surface area contributed by atoms with Gasteiger partial charge in [0, 0.05) is 6.54 Å². The average Bonchev–Trinajstić information content (AvgIpc) is 2.42. The first-order valence-electron chi connectivity index (χ1n) is 6.64. The van der Waals surface area contributed by atoms with Gasteiger partial charge in [-0.3, -0.25) is 0 Å². The summed E-state index contributed by atoms with van der Waals surface area (Å²) in [6, 6.07) is -1.56. The van der Waals surface area contributed by atoms with Crippen LogP contribution >= 0.6 is 0 Å². The van der Waals surface area contributed by atoms with Crippen LogP contribution in [-0.4, -0.2) is 66.9 Å². The Kier molecular flexibility index (Phi) is 5.54. The summed E-state index contributed by atoms with van der Waals surface area (Å²) in [7, 11) is 1.24. The van der Waals surface area contributed by atoms with E-state index in [0.29, 0.717) is 0 Å². The molecule has 0 bridgehead atoms. The van der Waals surface area contributed by atoms with Gasteiger partial charge in [-0.2, -0.15) is 0 Å². The number of esters is 1. The maximum absolute atomic E-state index is 12.2. The molecule has 0 spiro atoms. The second kappa shape index (κ2) is 6.75. The summed E-state index contributed by atoms with van der Waals surface area (Å²) in [5.74, 6) is -1.66. The number of amides is 2. The van der Waals surface area contributed by atoms with Crippen LogP contribution in [0.3, 0.4) is 0 Å². The molecule has 0 aromatic heterocycles. The number of carbonyl (C=O) groups is 3. The minimum Gasteiger partial charge on any atom is -0.480 e. The first kappa shape index (κ1) is 17.2. The number of aliphatic carboxylic acids is 1. The largest absolute Gasteiger partial charge is 0.480 e. The molecule has 1 heterocycles. The lowest BCUT2D eigenvalue weighted by atomic mass is 9.87. The van der Waals surface area contributed by atoms with Crippen LogP contribution < -0.4 is 5.32 Å². The van der Waals surface area contributed by atoms with E-state index in [0.717, 1.165) is 0 Å². The smallest absolute Gasteiger partial charge is 0.336 e. The standard InChI is InChI=1S/C13H22N2O6/c1-13(2,3)9(10(16)17)14-12(19)15-5-6-21-8(7-15)11(18)20-4/h8-9H,5-7H2,1-4H3,(H,14,19)(H,16,17). The Balaban J connectivity index is 2.70. The molecule has 2 atom stereocenters. The first-order valence-corrected chi connectivity index (χ1v) is 6.64. The third-order valence-electron chi connectivity index (χ3n) is 3.20. The van der Waals surface area contributed by atoms with Crippen molar-refractivity contribution in [2.75, 3.05) is 26.8 Å². The first-order chi connectivity index (χ1) is 9.66. The highest BCUT2D eigenvalue weighted by molar-refractivity contribution is 5.84. The van der Waals surface area contributed by atoms with Crippen molar-refractivity contribution in [3.05, 3.63) is 0 Å². The molecule has 8 nitrogen and oxygen atoms in total. The molecular weight excluding hydrogens is 280 g/mol. The van der Waals surface area contributed by atoms with Crippen LogP contribution in [0.4, 0.5) is 4.79 Å². The van der Waals surface area contributed by atoms with Gasteiger partial charge in [-0.15, -0.1) is 0 Å². The number of ether oxygens (including phenoxy) is 2. The lowest BCUT2D eigenvalue weighted by Crippen LogP contribution is -2.57. The van der Waals surface area contributed by atoms with Crippen molar-refractivity contribution < 1.29 is 29.0 Å². The van der Waals surface area contributed by atoms with E-state index in [1.165, 1.54) is 12.0 Å². The predicted molar refractivity (Wildman–Crippen MR) is 72.7 cm³/mol. The molecule has 0 aliphatic carbocycles. The van der Waals surface area contributed by atoms with Crippen molar-refractivity contribution in [2.24, 2.45) is 5.41 Å². The number of carboxylic acids is 1. The van der Waals surface area contributed by atoms with Gasteiger partial charge in [-0.1, -0.05) is 20.8 Å². The van der Waals surface area contributed by atoms with E-state index in [1.807, 2.05) is 0 Å². The number of carbonyl (C=O) groups excluding carboxylic acids is 2. The van der Waals surface area contributed by atoms with E-state index in [2.05, 4.69) is 10.1 Å². The Bertz CT molecular complexity index is 417. The summed E-state index contributed by atoms with van der Waals surface area (Å²) in [5.41, 5.74) is -0.629.